The van der Waals surface area contributed by atoms with Gasteiger partial charge in [0.1, 0.15) is 0 Å². The standard InChI is InChI=1S/C13H19N3O/c1-10-4-3-7-14-12(10)8-15-11-5-6-13(17)16(2)9-11/h3-4,7,11,15H,5-6,8-9H2,1-2H3. The van der Waals surface area contributed by atoms with Crippen LogP contribution in [0.25, 0.3) is 0 Å². The molecule has 1 saturated heterocycles. The summed E-state index contributed by atoms with van der Waals surface area (Å²) < 4.78 is 0. The first-order chi connectivity index (χ1) is 8.16. The molecule has 1 aliphatic rings. The van der Waals surface area contributed by atoms with Crippen molar-refractivity contribution in [2.24, 2.45) is 0 Å². The number of carbonyl (C=O) groups is 1. The van der Waals surface area contributed by atoms with Crippen LogP contribution in [0.1, 0.15) is 24.1 Å². The Morgan fingerprint density at radius 3 is 3.12 bits per heavy atom. The van der Waals surface area contributed by atoms with Gasteiger partial charge < -0.3 is 10.2 Å². The SMILES string of the molecule is Cc1cccnc1CNC1CCC(=O)N(C)C1. The van der Waals surface area contributed by atoms with Crippen LogP contribution in [0.15, 0.2) is 18.3 Å². The second-order valence-electron chi connectivity index (χ2n) is 4.66. The van der Waals surface area contributed by atoms with E-state index in [0.717, 1.165) is 25.2 Å². The zero-order valence-electron chi connectivity index (χ0n) is 10.4. The van der Waals surface area contributed by atoms with E-state index in [1.165, 1.54) is 5.56 Å². The molecule has 1 amide bonds. The summed E-state index contributed by atoms with van der Waals surface area (Å²) in [6, 6.07) is 4.41. The Kier molecular flexibility index (Phi) is 3.74. The largest absolute Gasteiger partial charge is 0.344 e. The van der Waals surface area contributed by atoms with Crippen LogP contribution in [0.5, 0.6) is 0 Å². The van der Waals surface area contributed by atoms with E-state index in [9.17, 15) is 4.79 Å². The van der Waals surface area contributed by atoms with E-state index in [1.54, 1.807) is 4.90 Å². The number of piperidine rings is 1. The van der Waals surface area contributed by atoms with Gasteiger partial charge in [-0.1, -0.05) is 6.07 Å². The molecular weight excluding hydrogens is 214 g/mol. The molecule has 1 unspecified atom stereocenters. The molecule has 1 aromatic rings. The van der Waals surface area contributed by atoms with Crippen LogP contribution in [0.3, 0.4) is 0 Å². The fourth-order valence-corrected chi connectivity index (χ4v) is 2.12. The number of rotatable bonds is 3. The number of carbonyl (C=O) groups excluding carboxylic acids is 1. The van der Waals surface area contributed by atoms with E-state index in [-0.39, 0.29) is 5.91 Å². The number of nitrogens with one attached hydrogen (secondary N) is 1. The third kappa shape index (κ3) is 3.03. The Balaban J connectivity index is 1.87. The van der Waals surface area contributed by atoms with Gasteiger partial charge in [0.05, 0.1) is 5.69 Å². The van der Waals surface area contributed by atoms with Crippen LogP contribution < -0.4 is 5.32 Å². The number of hydrogen-bond acceptors (Lipinski definition) is 3. The summed E-state index contributed by atoms with van der Waals surface area (Å²) in [7, 11) is 1.86. The van der Waals surface area contributed by atoms with Crippen molar-refractivity contribution in [3.8, 4) is 0 Å². The molecule has 0 aromatic carbocycles. The maximum atomic E-state index is 11.4. The van der Waals surface area contributed by atoms with Crippen LogP contribution >= 0.6 is 0 Å². The Hall–Kier alpha value is -1.42. The molecule has 4 heteroatoms. The number of likely N-dealkylation sites (N-methyl/N-ethyl adjacent to an activating group) is 1. The highest BCUT2D eigenvalue weighted by Crippen LogP contribution is 2.11. The van der Waals surface area contributed by atoms with Crippen molar-refractivity contribution < 1.29 is 4.79 Å². The molecule has 17 heavy (non-hydrogen) atoms. The number of amides is 1. The predicted molar refractivity (Wildman–Crippen MR) is 66.5 cm³/mol. The van der Waals surface area contributed by atoms with Crippen molar-refractivity contribution in [2.75, 3.05) is 13.6 Å². The second kappa shape index (κ2) is 5.27. The topological polar surface area (TPSA) is 45.2 Å². The average Bonchev–Trinajstić information content (AvgIpc) is 2.32. The van der Waals surface area contributed by atoms with Gasteiger partial charge in [0.15, 0.2) is 0 Å². The van der Waals surface area contributed by atoms with Gasteiger partial charge in [-0.25, -0.2) is 0 Å². The summed E-state index contributed by atoms with van der Waals surface area (Å²) in [6.07, 6.45) is 3.39. The Bertz CT molecular complexity index is 405. The summed E-state index contributed by atoms with van der Waals surface area (Å²) in [5.74, 6) is 0.247. The van der Waals surface area contributed by atoms with Gasteiger partial charge in [0.2, 0.25) is 5.91 Å². The first kappa shape index (κ1) is 12.0. The highest BCUT2D eigenvalue weighted by atomic mass is 16.2. The number of aryl methyl sites for hydroxylation is 1. The van der Waals surface area contributed by atoms with Crippen LogP contribution in [0.4, 0.5) is 0 Å². The molecule has 1 atom stereocenters. The second-order valence-corrected chi connectivity index (χ2v) is 4.66. The highest BCUT2D eigenvalue weighted by Gasteiger charge is 2.22. The normalized spacial score (nSPS) is 20.7. The van der Waals surface area contributed by atoms with E-state index in [1.807, 2.05) is 19.3 Å². The van der Waals surface area contributed by atoms with Crippen molar-refractivity contribution in [2.45, 2.75) is 32.4 Å². The minimum Gasteiger partial charge on any atom is -0.344 e. The summed E-state index contributed by atoms with van der Waals surface area (Å²) in [5, 5.41) is 3.47. The van der Waals surface area contributed by atoms with E-state index in [2.05, 4.69) is 23.3 Å². The molecule has 0 spiro atoms. The van der Waals surface area contributed by atoms with Gasteiger partial charge in [0, 0.05) is 38.8 Å². The lowest BCUT2D eigenvalue weighted by Gasteiger charge is -2.30. The zero-order chi connectivity index (χ0) is 12.3. The van der Waals surface area contributed by atoms with E-state index < -0.39 is 0 Å². The molecule has 1 fully saturated rings. The van der Waals surface area contributed by atoms with E-state index >= 15 is 0 Å². The lowest BCUT2D eigenvalue weighted by Crippen LogP contribution is -2.46. The number of hydrogen-bond donors (Lipinski definition) is 1. The maximum absolute atomic E-state index is 11.4. The molecule has 92 valence electrons. The van der Waals surface area contributed by atoms with Gasteiger partial charge in [-0.3, -0.25) is 9.78 Å². The van der Waals surface area contributed by atoms with Crippen LogP contribution in [0.2, 0.25) is 0 Å². The highest BCUT2D eigenvalue weighted by molar-refractivity contribution is 5.76. The molecule has 0 aliphatic carbocycles. The molecule has 0 bridgehead atoms. The molecule has 4 nitrogen and oxygen atoms in total. The van der Waals surface area contributed by atoms with Crippen molar-refractivity contribution in [1.82, 2.24) is 15.2 Å². The van der Waals surface area contributed by atoms with Crippen LogP contribution in [-0.2, 0) is 11.3 Å². The summed E-state index contributed by atoms with van der Waals surface area (Å²) in [4.78, 5) is 17.5. The summed E-state index contributed by atoms with van der Waals surface area (Å²) in [5.41, 5.74) is 2.30. The van der Waals surface area contributed by atoms with Gasteiger partial charge in [-0.2, -0.15) is 0 Å². The molecule has 1 N–H and O–H groups in total. The summed E-state index contributed by atoms with van der Waals surface area (Å²) in [6.45, 7) is 3.64. The number of aromatic nitrogens is 1. The number of pyridine rings is 1. The fraction of sp³-hybridized carbons (Fsp3) is 0.538. The van der Waals surface area contributed by atoms with Gasteiger partial charge in [-0.05, 0) is 25.0 Å². The minimum absolute atomic E-state index is 0.247. The smallest absolute Gasteiger partial charge is 0.222 e. The first-order valence-corrected chi connectivity index (χ1v) is 6.04. The first-order valence-electron chi connectivity index (χ1n) is 6.04. The van der Waals surface area contributed by atoms with E-state index in [0.29, 0.717) is 12.5 Å². The Morgan fingerprint density at radius 2 is 2.41 bits per heavy atom. The molecule has 0 radical (unpaired) electrons. The zero-order valence-corrected chi connectivity index (χ0v) is 10.4. The molecule has 1 aromatic heterocycles. The number of nitrogens with zero attached hydrogens (tertiary/aromatic N) is 2. The quantitative estimate of drug-likeness (QED) is 0.850. The van der Waals surface area contributed by atoms with Gasteiger partial charge in [0.25, 0.3) is 0 Å². The Morgan fingerprint density at radius 1 is 1.59 bits per heavy atom. The maximum Gasteiger partial charge on any atom is 0.222 e. The van der Waals surface area contributed by atoms with Crippen LogP contribution in [-0.4, -0.2) is 35.4 Å². The monoisotopic (exact) mass is 233 g/mol. The van der Waals surface area contributed by atoms with Gasteiger partial charge in [-0.15, -0.1) is 0 Å². The summed E-state index contributed by atoms with van der Waals surface area (Å²) >= 11 is 0. The number of likely N-dealkylation sites (tertiary alicyclic amines) is 1. The molecule has 2 heterocycles. The van der Waals surface area contributed by atoms with E-state index in [4.69, 9.17) is 0 Å². The third-order valence-electron chi connectivity index (χ3n) is 3.30. The predicted octanol–water partition coefficient (Wildman–Crippen LogP) is 1.10. The Labute approximate surface area is 102 Å². The third-order valence-corrected chi connectivity index (χ3v) is 3.30. The van der Waals surface area contributed by atoms with Gasteiger partial charge >= 0.3 is 0 Å². The van der Waals surface area contributed by atoms with Crippen molar-refractivity contribution in [3.05, 3.63) is 29.6 Å². The van der Waals surface area contributed by atoms with Crippen molar-refractivity contribution >= 4 is 5.91 Å². The van der Waals surface area contributed by atoms with Crippen molar-refractivity contribution in [3.63, 3.8) is 0 Å². The minimum atomic E-state index is 0.247. The lowest BCUT2D eigenvalue weighted by atomic mass is 10.1. The molecule has 2 rings (SSSR count). The molecule has 0 saturated carbocycles. The van der Waals surface area contributed by atoms with Crippen molar-refractivity contribution in [1.29, 1.82) is 0 Å². The fourth-order valence-electron chi connectivity index (χ4n) is 2.12. The average molecular weight is 233 g/mol. The van der Waals surface area contributed by atoms with Crippen LogP contribution in [0, 0.1) is 6.92 Å². The lowest BCUT2D eigenvalue weighted by molar-refractivity contribution is -0.132. The molecular formula is C13H19N3O. The molecule has 1 aliphatic heterocycles.